The van der Waals surface area contributed by atoms with Crippen molar-refractivity contribution < 1.29 is 27.4 Å². The van der Waals surface area contributed by atoms with Crippen molar-refractivity contribution in [1.29, 1.82) is 0 Å². The Kier molecular flexibility index (Phi) is 9.07. The minimum atomic E-state index is -4.59. The average molecular weight is 356 g/mol. The van der Waals surface area contributed by atoms with Gasteiger partial charge in [0, 0.05) is 12.8 Å². The molecule has 1 aromatic rings. The zero-order valence-corrected chi connectivity index (χ0v) is 14.4. The quantitative estimate of drug-likeness (QED) is 0.482. The van der Waals surface area contributed by atoms with E-state index < -0.39 is 24.2 Å². The number of benzene rings is 1. The lowest BCUT2D eigenvalue weighted by atomic mass is 9.98. The number of unbranched alkanes of at least 4 members (excludes halogenated alkanes) is 1. The summed E-state index contributed by atoms with van der Waals surface area (Å²) in [5.74, 6) is 2.09. The first-order valence-electron chi connectivity index (χ1n) is 8.20. The molecule has 0 aliphatic heterocycles. The van der Waals surface area contributed by atoms with Crippen molar-refractivity contribution in [1.82, 2.24) is 0 Å². The summed E-state index contributed by atoms with van der Waals surface area (Å²) < 4.78 is 48.1. The monoisotopic (exact) mass is 356 g/mol. The molecule has 0 spiro atoms. The fourth-order valence-corrected chi connectivity index (χ4v) is 2.26. The topological polar surface area (TPSA) is 35.5 Å². The van der Waals surface area contributed by atoms with Crippen LogP contribution >= 0.6 is 0 Å². The molecule has 1 aromatic carbocycles. The Labute approximate surface area is 146 Å². The molecular weight excluding hydrogens is 333 g/mol. The number of ether oxygens (including phenoxy) is 2. The molecule has 25 heavy (non-hydrogen) atoms. The van der Waals surface area contributed by atoms with Crippen molar-refractivity contribution >= 4 is 5.97 Å². The zero-order valence-electron chi connectivity index (χ0n) is 14.4. The van der Waals surface area contributed by atoms with Gasteiger partial charge in [0.25, 0.3) is 0 Å². The number of rotatable bonds is 9. The Morgan fingerprint density at radius 2 is 1.92 bits per heavy atom. The molecule has 0 fully saturated rings. The summed E-state index contributed by atoms with van der Waals surface area (Å²) in [6.07, 6.45) is -3.31. The van der Waals surface area contributed by atoms with Gasteiger partial charge in [-0.1, -0.05) is 49.6 Å². The van der Waals surface area contributed by atoms with E-state index in [0.29, 0.717) is 6.42 Å². The number of carbonyl (C=O) groups excluding carboxylic acids is 1. The number of carbonyl (C=O) groups is 1. The van der Waals surface area contributed by atoms with E-state index in [2.05, 4.69) is 5.92 Å². The SMILES string of the molecule is CCCC[C@H](OC(C)=O)[C@@H](C#CC(F)(F)F)COCc1ccccc1. The molecule has 0 aromatic heterocycles. The molecular formula is C19H23F3O3. The van der Waals surface area contributed by atoms with E-state index in [1.807, 2.05) is 37.3 Å². The number of hydrogen-bond donors (Lipinski definition) is 0. The van der Waals surface area contributed by atoms with Gasteiger partial charge in [0.05, 0.1) is 19.1 Å². The fraction of sp³-hybridized carbons (Fsp3) is 0.526. The van der Waals surface area contributed by atoms with Crippen LogP contribution in [-0.4, -0.2) is 24.9 Å². The Bertz CT molecular complexity index is 573. The van der Waals surface area contributed by atoms with E-state index in [4.69, 9.17) is 9.47 Å². The predicted octanol–water partition coefficient (Wildman–Crippen LogP) is 4.51. The van der Waals surface area contributed by atoms with Gasteiger partial charge in [-0.3, -0.25) is 4.79 Å². The second-order valence-corrected chi connectivity index (χ2v) is 5.66. The molecule has 0 aliphatic carbocycles. The minimum Gasteiger partial charge on any atom is -0.461 e. The third-order valence-corrected chi connectivity index (χ3v) is 3.42. The number of hydrogen-bond acceptors (Lipinski definition) is 3. The normalized spacial score (nSPS) is 13.5. The van der Waals surface area contributed by atoms with Crippen molar-refractivity contribution in [3.05, 3.63) is 35.9 Å². The van der Waals surface area contributed by atoms with Crippen molar-refractivity contribution in [2.45, 2.75) is 52.0 Å². The van der Waals surface area contributed by atoms with Gasteiger partial charge < -0.3 is 9.47 Å². The Morgan fingerprint density at radius 1 is 1.24 bits per heavy atom. The highest BCUT2D eigenvalue weighted by Gasteiger charge is 2.27. The minimum absolute atomic E-state index is 0.0420. The molecule has 0 unspecified atom stereocenters. The molecule has 0 saturated heterocycles. The van der Waals surface area contributed by atoms with Crippen LogP contribution in [0.15, 0.2) is 30.3 Å². The molecule has 0 saturated carbocycles. The van der Waals surface area contributed by atoms with Crippen LogP contribution in [-0.2, 0) is 20.9 Å². The first kappa shape index (κ1) is 21.0. The van der Waals surface area contributed by atoms with Gasteiger partial charge in [-0.25, -0.2) is 0 Å². The van der Waals surface area contributed by atoms with Crippen LogP contribution < -0.4 is 0 Å². The van der Waals surface area contributed by atoms with E-state index in [1.54, 1.807) is 0 Å². The van der Waals surface area contributed by atoms with Crippen molar-refractivity contribution in [3.63, 3.8) is 0 Å². The summed E-state index contributed by atoms with van der Waals surface area (Å²) in [5.41, 5.74) is 0.905. The number of alkyl halides is 3. The van der Waals surface area contributed by atoms with Crippen molar-refractivity contribution in [3.8, 4) is 11.8 Å². The molecule has 0 aliphatic rings. The van der Waals surface area contributed by atoms with Crippen LogP contribution in [0, 0.1) is 17.8 Å². The highest BCUT2D eigenvalue weighted by Crippen LogP contribution is 2.19. The van der Waals surface area contributed by atoms with Crippen LogP contribution in [0.5, 0.6) is 0 Å². The van der Waals surface area contributed by atoms with Gasteiger partial charge >= 0.3 is 12.1 Å². The molecule has 0 N–H and O–H groups in total. The van der Waals surface area contributed by atoms with Crippen LogP contribution in [0.2, 0.25) is 0 Å². The summed E-state index contributed by atoms with van der Waals surface area (Å²) >= 11 is 0. The van der Waals surface area contributed by atoms with Gasteiger partial charge in [0.1, 0.15) is 6.10 Å². The molecule has 0 amide bonds. The van der Waals surface area contributed by atoms with E-state index in [1.165, 1.54) is 12.8 Å². The largest absolute Gasteiger partial charge is 0.461 e. The third kappa shape index (κ3) is 9.78. The molecule has 1 rings (SSSR count). The maximum absolute atomic E-state index is 12.5. The molecule has 138 valence electrons. The van der Waals surface area contributed by atoms with E-state index in [9.17, 15) is 18.0 Å². The summed E-state index contributed by atoms with van der Waals surface area (Å²) in [5, 5.41) is 0. The van der Waals surface area contributed by atoms with Crippen molar-refractivity contribution in [2.24, 2.45) is 5.92 Å². The second-order valence-electron chi connectivity index (χ2n) is 5.66. The Hall–Kier alpha value is -2.00. The summed E-state index contributed by atoms with van der Waals surface area (Å²) in [4.78, 5) is 11.3. The first-order chi connectivity index (χ1) is 11.8. The van der Waals surface area contributed by atoms with Crippen LogP contribution in [0.1, 0.15) is 38.7 Å². The lowest BCUT2D eigenvalue weighted by Gasteiger charge is -2.23. The number of halogens is 3. The maximum atomic E-state index is 12.5. The van der Waals surface area contributed by atoms with Crippen LogP contribution in [0.25, 0.3) is 0 Å². The molecule has 0 heterocycles. The van der Waals surface area contributed by atoms with Gasteiger partial charge in [0.2, 0.25) is 0 Å². The van der Waals surface area contributed by atoms with Gasteiger partial charge in [-0.2, -0.15) is 13.2 Å². The summed E-state index contributed by atoms with van der Waals surface area (Å²) in [7, 11) is 0. The highest BCUT2D eigenvalue weighted by atomic mass is 19.4. The Morgan fingerprint density at radius 3 is 2.48 bits per heavy atom. The van der Waals surface area contributed by atoms with Gasteiger partial charge in [0.15, 0.2) is 0 Å². The highest BCUT2D eigenvalue weighted by molar-refractivity contribution is 5.66. The molecule has 2 atom stereocenters. The summed E-state index contributed by atoms with van der Waals surface area (Å²) in [6, 6.07) is 9.28. The molecule has 0 radical (unpaired) electrons. The lowest BCUT2D eigenvalue weighted by molar-refractivity contribution is -0.149. The molecule has 6 heteroatoms. The molecule has 3 nitrogen and oxygen atoms in total. The predicted molar refractivity (Wildman–Crippen MR) is 88.5 cm³/mol. The van der Waals surface area contributed by atoms with E-state index in [0.717, 1.165) is 18.4 Å². The second kappa shape index (κ2) is 10.8. The lowest BCUT2D eigenvalue weighted by Crippen LogP contribution is -2.29. The van der Waals surface area contributed by atoms with Crippen LogP contribution in [0.3, 0.4) is 0 Å². The molecule has 0 bridgehead atoms. The Balaban J connectivity index is 2.80. The third-order valence-electron chi connectivity index (χ3n) is 3.42. The zero-order chi connectivity index (χ0) is 18.7. The van der Waals surface area contributed by atoms with Gasteiger partial charge in [-0.05, 0) is 18.4 Å². The fourth-order valence-electron chi connectivity index (χ4n) is 2.26. The maximum Gasteiger partial charge on any atom is 0.457 e. The first-order valence-corrected chi connectivity index (χ1v) is 8.20. The smallest absolute Gasteiger partial charge is 0.457 e. The average Bonchev–Trinajstić information content (AvgIpc) is 2.54. The van der Waals surface area contributed by atoms with E-state index in [-0.39, 0.29) is 13.2 Å². The standard InChI is InChI=1S/C19H23F3O3/c1-3-4-10-18(25-15(2)23)17(11-12-19(20,21)22)14-24-13-16-8-6-5-7-9-16/h5-9,17-18H,3-4,10,13-14H2,1-2H3/t17-,18-/m0/s1. The number of esters is 1. The van der Waals surface area contributed by atoms with E-state index >= 15 is 0 Å². The van der Waals surface area contributed by atoms with Gasteiger partial charge in [-0.15, -0.1) is 0 Å². The van der Waals surface area contributed by atoms with Crippen molar-refractivity contribution in [2.75, 3.05) is 6.61 Å². The summed E-state index contributed by atoms with van der Waals surface area (Å²) in [6.45, 7) is 3.40. The van der Waals surface area contributed by atoms with Crippen LogP contribution in [0.4, 0.5) is 13.2 Å².